The molecule has 2 rings (SSSR count). The number of ether oxygens (including phenoxy) is 2. The van der Waals surface area contributed by atoms with E-state index in [1.807, 2.05) is 6.92 Å². The van der Waals surface area contributed by atoms with Gasteiger partial charge >= 0.3 is 5.97 Å². The van der Waals surface area contributed by atoms with E-state index in [1.54, 1.807) is 4.57 Å². The van der Waals surface area contributed by atoms with Crippen molar-refractivity contribution in [3.05, 3.63) is 17.2 Å². The molecule has 0 aromatic carbocycles. The summed E-state index contributed by atoms with van der Waals surface area (Å²) in [5, 5.41) is 0. The van der Waals surface area contributed by atoms with Crippen LogP contribution in [0.3, 0.4) is 0 Å². The van der Waals surface area contributed by atoms with Crippen LogP contribution in [0.2, 0.25) is 0 Å². The lowest BCUT2D eigenvalue weighted by molar-refractivity contribution is -0.0596. The molecule has 1 atom stereocenters. The van der Waals surface area contributed by atoms with Crippen LogP contribution in [-0.4, -0.2) is 41.6 Å². The van der Waals surface area contributed by atoms with Gasteiger partial charge < -0.3 is 14.0 Å². The number of aryl methyl sites for hydroxylation is 1. The zero-order valence-electron chi connectivity index (χ0n) is 10.5. The predicted octanol–water partition coefficient (Wildman–Crippen LogP) is 0.833. The van der Waals surface area contributed by atoms with Crippen LogP contribution in [0.15, 0.2) is 0 Å². The molecule has 0 aliphatic carbocycles. The quantitative estimate of drug-likeness (QED) is 0.573. The van der Waals surface area contributed by atoms with E-state index in [0.717, 1.165) is 13.0 Å². The number of hydrogen-bond acceptors (Lipinski definition) is 5. The maximum Gasteiger partial charge on any atom is 0.356 e. The molecule has 6 nitrogen and oxygen atoms in total. The summed E-state index contributed by atoms with van der Waals surface area (Å²) < 4.78 is 11.7. The molecule has 0 spiro atoms. The number of methoxy groups -OCH3 is 1. The number of rotatable bonds is 5. The monoisotopic (exact) mass is 252 g/mol. The first-order valence-electron chi connectivity index (χ1n) is 5.95. The first-order valence-corrected chi connectivity index (χ1v) is 5.95. The second-order valence-electron chi connectivity index (χ2n) is 4.12. The molecule has 0 unspecified atom stereocenters. The molecule has 0 radical (unpaired) electrons. The van der Waals surface area contributed by atoms with Crippen LogP contribution in [0, 0.1) is 0 Å². The van der Waals surface area contributed by atoms with Gasteiger partial charge in [-0.05, 0) is 12.8 Å². The normalized spacial score (nSPS) is 18.2. The number of esters is 1. The summed E-state index contributed by atoms with van der Waals surface area (Å²) in [6.45, 7) is 3.07. The minimum absolute atomic E-state index is 0.0472. The Morgan fingerprint density at radius 1 is 1.67 bits per heavy atom. The van der Waals surface area contributed by atoms with Crippen LogP contribution >= 0.6 is 0 Å². The Morgan fingerprint density at radius 3 is 2.83 bits per heavy atom. The van der Waals surface area contributed by atoms with Gasteiger partial charge in [0.2, 0.25) is 0 Å². The molecule has 0 amide bonds. The molecule has 0 bridgehead atoms. The van der Waals surface area contributed by atoms with E-state index in [9.17, 15) is 9.59 Å². The maximum atomic E-state index is 11.8. The molecule has 1 aliphatic rings. The summed E-state index contributed by atoms with van der Waals surface area (Å²) in [7, 11) is 1.32. The minimum Gasteiger partial charge on any atom is -0.464 e. The van der Waals surface area contributed by atoms with E-state index in [1.165, 1.54) is 7.11 Å². The highest BCUT2D eigenvalue weighted by molar-refractivity contribution is 5.90. The van der Waals surface area contributed by atoms with E-state index in [2.05, 4.69) is 4.98 Å². The Balaban J connectivity index is 2.40. The summed E-state index contributed by atoms with van der Waals surface area (Å²) in [4.78, 5) is 27.0. The fraction of sp³-hybridized carbons (Fsp3) is 0.583. The van der Waals surface area contributed by atoms with E-state index in [-0.39, 0.29) is 11.9 Å². The van der Waals surface area contributed by atoms with Crippen LogP contribution in [0.5, 0.6) is 0 Å². The second-order valence-corrected chi connectivity index (χ2v) is 4.12. The van der Waals surface area contributed by atoms with E-state index < -0.39 is 5.97 Å². The topological polar surface area (TPSA) is 70.4 Å². The molecule has 1 fully saturated rings. The van der Waals surface area contributed by atoms with E-state index >= 15 is 0 Å². The van der Waals surface area contributed by atoms with Crippen molar-refractivity contribution in [3.63, 3.8) is 0 Å². The molecular formula is C12H16N2O4. The molecule has 1 aromatic rings. The number of imidazole rings is 1. The minimum atomic E-state index is -0.466. The number of aldehydes is 1. The molecule has 18 heavy (non-hydrogen) atoms. The Kier molecular flexibility index (Phi) is 3.76. The van der Waals surface area contributed by atoms with Crippen LogP contribution in [-0.2, 0) is 22.4 Å². The number of carbonyl (C=O) groups is 2. The van der Waals surface area contributed by atoms with Gasteiger partial charge in [-0.2, -0.15) is 0 Å². The average molecular weight is 252 g/mol. The Hall–Kier alpha value is -1.69. The molecule has 1 saturated heterocycles. The highest BCUT2D eigenvalue weighted by atomic mass is 16.5. The van der Waals surface area contributed by atoms with Crippen molar-refractivity contribution in [1.29, 1.82) is 0 Å². The third kappa shape index (κ3) is 2.15. The van der Waals surface area contributed by atoms with Crippen LogP contribution in [0.25, 0.3) is 0 Å². The largest absolute Gasteiger partial charge is 0.464 e. The first kappa shape index (κ1) is 12.8. The Bertz CT molecular complexity index is 463. The molecule has 0 N–H and O–H groups in total. The molecule has 1 aromatic heterocycles. The van der Waals surface area contributed by atoms with Crippen molar-refractivity contribution in [2.24, 2.45) is 0 Å². The zero-order valence-corrected chi connectivity index (χ0v) is 10.5. The summed E-state index contributed by atoms with van der Waals surface area (Å²) in [5.74, 6) is -0.213. The first-order chi connectivity index (χ1) is 8.71. The summed E-state index contributed by atoms with van der Waals surface area (Å²) in [5.41, 5.74) is 0.945. The third-order valence-corrected chi connectivity index (χ3v) is 3.07. The standard InChI is InChI=1S/C12H16N2O4/c1-3-9-11(12(16)17-2)14(10(7-15)13-9)6-8-4-5-18-8/h7-8H,3-6H2,1-2H3/t8-/m0/s1. The summed E-state index contributed by atoms with van der Waals surface area (Å²) in [6, 6.07) is 0. The average Bonchev–Trinajstić information content (AvgIpc) is 2.70. The number of carbonyl (C=O) groups excluding carboxylic acids is 2. The SMILES string of the molecule is CCc1nc(C=O)n(C[C@@H]2CCO2)c1C(=O)OC. The molecule has 0 saturated carbocycles. The molecule has 2 heterocycles. The van der Waals surface area contributed by atoms with E-state index in [0.29, 0.717) is 30.6 Å². The van der Waals surface area contributed by atoms with Gasteiger partial charge in [-0.3, -0.25) is 4.79 Å². The van der Waals surface area contributed by atoms with Gasteiger partial charge in [0.15, 0.2) is 17.8 Å². The highest BCUT2D eigenvalue weighted by Crippen LogP contribution is 2.19. The van der Waals surface area contributed by atoms with Crippen molar-refractivity contribution in [2.45, 2.75) is 32.4 Å². The molecule has 1 aliphatic heterocycles. The lowest BCUT2D eigenvalue weighted by atomic mass is 10.2. The van der Waals surface area contributed by atoms with Crippen LogP contribution in [0.1, 0.15) is 40.1 Å². The van der Waals surface area contributed by atoms with Crippen molar-refractivity contribution >= 4 is 12.3 Å². The lowest BCUT2D eigenvalue weighted by Crippen LogP contribution is -2.33. The van der Waals surface area contributed by atoms with Gasteiger partial charge in [-0.1, -0.05) is 6.92 Å². The van der Waals surface area contributed by atoms with Crippen LogP contribution < -0.4 is 0 Å². The molecular weight excluding hydrogens is 236 g/mol. The highest BCUT2D eigenvalue weighted by Gasteiger charge is 2.27. The zero-order chi connectivity index (χ0) is 13.1. The third-order valence-electron chi connectivity index (χ3n) is 3.07. The summed E-state index contributed by atoms with van der Waals surface area (Å²) in [6.07, 6.45) is 2.21. The Morgan fingerprint density at radius 2 is 2.39 bits per heavy atom. The van der Waals surface area contributed by atoms with Gasteiger partial charge in [0.1, 0.15) is 0 Å². The number of hydrogen-bond donors (Lipinski definition) is 0. The van der Waals surface area contributed by atoms with Gasteiger partial charge in [-0.15, -0.1) is 0 Å². The Labute approximate surface area is 105 Å². The lowest BCUT2D eigenvalue weighted by Gasteiger charge is -2.27. The second kappa shape index (κ2) is 5.30. The van der Waals surface area contributed by atoms with Gasteiger partial charge in [0.25, 0.3) is 0 Å². The maximum absolute atomic E-state index is 11.8. The van der Waals surface area contributed by atoms with Crippen molar-refractivity contribution < 1.29 is 19.1 Å². The number of nitrogens with zero attached hydrogens (tertiary/aromatic N) is 2. The molecule has 98 valence electrons. The number of aromatic nitrogens is 2. The van der Waals surface area contributed by atoms with Crippen molar-refractivity contribution in [1.82, 2.24) is 9.55 Å². The van der Waals surface area contributed by atoms with Gasteiger partial charge in [0, 0.05) is 6.61 Å². The van der Waals surface area contributed by atoms with Gasteiger partial charge in [0.05, 0.1) is 25.5 Å². The fourth-order valence-corrected chi connectivity index (χ4v) is 2.00. The van der Waals surface area contributed by atoms with E-state index in [4.69, 9.17) is 9.47 Å². The smallest absolute Gasteiger partial charge is 0.356 e. The molecule has 6 heteroatoms. The summed E-state index contributed by atoms with van der Waals surface area (Å²) >= 11 is 0. The fourth-order valence-electron chi connectivity index (χ4n) is 2.00. The predicted molar refractivity (Wildman–Crippen MR) is 62.7 cm³/mol. The van der Waals surface area contributed by atoms with Gasteiger partial charge in [-0.25, -0.2) is 9.78 Å². The van der Waals surface area contributed by atoms with Crippen molar-refractivity contribution in [3.8, 4) is 0 Å². The van der Waals surface area contributed by atoms with Crippen LogP contribution in [0.4, 0.5) is 0 Å². The van der Waals surface area contributed by atoms with Crippen molar-refractivity contribution in [2.75, 3.05) is 13.7 Å².